The molecule has 0 radical (unpaired) electrons. The van der Waals surface area contributed by atoms with Gasteiger partial charge in [-0.1, -0.05) is 18.2 Å². The van der Waals surface area contributed by atoms with Crippen LogP contribution >= 0.6 is 0 Å². The number of ether oxygens (including phenoxy) is 2. The summed E-state index contributed by atoms with van der Waals surface area (Å²) < 4.78 is 12.4. The van der Waals surface area contributed by atoms with Crippen molar-refractivity contribution in [1.29, 1.82) is 0 Å². The summed E-state index contributed by atoms with van der Waals surface area (Å²) in [6, 6.07) is 8.44. The number of amides is 1. The number of nitrogens with two attached hydrogens (primary N) is 1. The smallest absolute Gasteiger partial charge is 0.223 e. The van der Waals surface area contributed by atoms with E-state index in [0.29, 0.717) is 25.6 Å². The van der Waals surface area contributed by atoms with Crippen LogP contribution in [0.3, 0.4) is 0 Å². The van der Waals surface area contributed by atoms with Gasteiger partial charge in [0.15, 0.2) is 0 Å². The zero-order valence-electron chi connectivity index (χ0n) is 16.1. The first-order valence-electron chi connectivity index (χ1n) is 10.6. The number of carbonyl (C=O) groups excluding carboxylic acids is 1. The molecule has 1 aromatic rings. The number of benzene rings is 1. The van der Waals surface area contributed by atoms with Crippen LogP contribution in [0.4, 0.5) is 0 Å². The van der Waals surface area contributed by atoms with E-state index in [1.54, 1.807) is 0 Å². The molecule has 5 heteroatoms. The van der Waals surface area contributed by atoms with Gasteiger partial charge in [-0.15, -0.1) is 0 Å². The highest BCUT2D eigenvalue weighted by atomic mass is 16.5. The van der Waals surface area contributed by atoms with Gasteiger partial charge in [0.1, 0.15) is 5.75 Å². The molecule has 27 heavy (non-hydrogen) atoms. The van der Waals surface area contributed by atoms with E-state index in [1.165, 1.54) is 5.56 Å². The van der Waals surface area contributed by atoms with Gasteiger partial charge in [-0.05, 0) is 62.5 Å². The molecule has 148 valence electrons. The number of rotatable bonds is 0. The van der Waals surface area contributed by atoms with Gasteiger partial charge in [0.25, 0.3) is 0 Å². The Kier molecular flexibility index (Phi) is 5.98. The summed E-state index contributed by atoms with van der Waals surface area (Å²) >= 11 is 0. The third kappa shape index (κ3) is 4.30. The van der Waals surface area contributed by atoms with Gasteiger partial charge in [0.2, 0.25) is 5.91 Å². The van der Waals surface area contributed by atoms with E-state index in [2.05, 4.69) is 18.2 Å². The van der Waals surface area contributed by atoms with Gasteiger partial charge in [0, 0.05) is 19.0 Å². The van der Waals surface area contributed by atoms with Crippen molar-refractivity contribution in [3.05, 3.63) is 29.8 Å². The Hall–Kier alpha value is -1.59. The summed E-state index contributed by atoms with van der Waals surface area (Å²) in [5.74, 6) is 1.72. The van der Waals surface area contributed by atoms with E-state index in [4.69, 9.17) is 15.2 Å². The van der Waals surface area contributed by atoms with Crippen LogP contribution in [-0.4, -0.2) is 48.8 Å². The summed E-state index contributed by atoms with van der Waals surface area (Å²) in [4.78, 5) is 14.8. The lowest BCUT2D eigenvalue weighted by molar-refractivity contribution is -0.138. The standard InChI is InChI=1S/C22H32N2O3/c23-19-6-3-13-24-20(19)15-27-17-11-9-16(10-12-17)18-5-1-2-7-21(18)26-14-4-8-22(24)25/h1-2,5,7,16-17,19-20H,3-4,6,8-15,23H2/t16-,17+,19-,20-/m0/s1. The van der Waals surface area contributed by atoms with Crippen LogP contribution in [0, 0.1) is 0 Å². The van der Waals surface area contributed by atoms with Crippen molar-refractivity contribution < 1.29 is 14.3 Å². The molecule has 1 aliphatic carbocycles. The normalized spacial score (nSPS) is 32.6. The summed E-state index contributed by atoms with van der Waals surface area (Å²) in [6.07, 6.45) is 7.88. The lowest BCUT2D eigenvalue weighted by atomic mass is 9.82. The molecule has 2 bridgehead atoms. The van der Waals surface area contributed by atoms with Gasteiger partial charge in [-0.2, -0.15) is 0 Å². The third-order valence-corrected chi connectivity index (χ3v) is 6.48. The number of piperidine rings is 1. The van der Waals surface area contributed by atoms with Crippen molar-refractivity contribution in [1.82, 2.24) is 4.90 Å². The lowest BCUT2D eigenvalue weighted by Gasteiger charge is -2.40. The third-order valence-electron chi connectivity index (χ3n) is 6.48. The predicted molar refractivity (Wildman–Crippen MR) is 105 cm³/mol. The van der Waals surface area contributed by atoms with Crippen LogP contribution in [0.5, 0.6) is 5.75 Å². The van der Waals surface area contributed by atoms with Crippen LogP contribution in [0.15, 0.2) is 24.3 Å². The molecule has 1 saturated heterocycles. The van der Waals surface area contributed by atoms with E-state index in [0.717, 1.165) is 57.2 Å². The van der Waals surface area contributed by atoms with Crippen molar-refractivity contribution in [2.45, 2.75) is 75.5 Å². The van der Waals surface area contributed by atoms with Crippen molar-refractivity contribution >= 4 is 5.91 Å². The van der Waals surface area contributed by atoms with E-state index in [9.17, 15) is 4.79 Å². The Morgan fingerprint density at radius 1 is 1.04 bits per heavy atom. The molecule has 2 N–H and O–H groups in total. The van der Waals surface area contributed by atoms with Crippen molar-refractivity contribution in [2.75, 3.05) is 19.8 Å². The Labute approximate surface area is 162 Å². The zero-order chi connectivity index (χ0) is 18.6. The average molecular weight is 373 g/mol. The fourth-order valence-electron chi connectivity index (χ4n) is 4.88. The minimum absolute atomic E-state index is 0.0206. The Bertz CT molecular complexity index is 642. The van der Waals surface area contributed by atoms with Gasteiger partial charge >= 0.3 is 0 Å². The number of nitrogens with zero attached hydrogens (tertiary/aromatic N) is 1. The first-order chi connectivity index (χ1) is 13.2. The first kappa shape index (κ1) is 18.8. The summed E-state index contributed by atoms with van der Waals surface area (Å²) in [7, 11) is 0. The number of para-hydroxylation sites is 1. The molecular weight excluding hydrogens is 340 g/mol. The number of carbonyl (C=O) groups is 1. The zero-order valence-corrected chi connectivity index (χ0v) is 16.1. The highest BCUT2D eigenvalue weighted by molar-refractivity contribution is 5.76. The second-order valence-electron chi connectivity index (χ2n) is 8.26. The van der Waals surface area contributed by atoms with Crippen molar-refractivity contribution in [2.24, 2.45) is 5.73 Å². The maximum Gasteiger partial charge on any atom is 0.223 e. The fraction of sp³-hybridized carbons (Fsp3) is 0.682. The largest absolute Gasteiger partial charge is 0.493 e. The molecule has 0 unspecified atom stereocenters. The van der Waals surface area contributed by atoms with E-state index in [1.807, 2.05) is 11.0 Å². The van der Waals surface area contributed by atoms with Crippen LogP contribution in [0.1, 0.15) is 62.8 Å². The summed E-state index contributed by atoms with van der Waals surface area (Å²) in [5.41, 5.74) is 7.68. The molecule has 2 fully saturated rings. The number of fused-ring (bicyclic) bond motifs is 7. The molecule has 2 atom stereocenters. The van der Waals surface area contributed by atoms with Crippen LogP contribution in [-0.2, 0) is 9.53 Å². The first-order valence-corrected chi connectivity index (χ1v) is 10.6. The van der Waals surface area contributed by atoms with Crippen molar-refractivity contribution in [3.8, 4) is 5.75 Å². The number of hydrogen-bond donors (Lipinski definition) is 1. The molecule has 1 saturated carbocycles. The maximum atomic E-state index is 12.8. The molecule has 5 rings (SSSR count). The van der Waals surface area contributed by atoms with Gasteiger partial charge in [-0.3, -0.25) is 4.79 Å². The SMILES string of the molecule is N[C@H]1CCCN2C(=O)CCCOc3ccccc3[C@H]3CC[C@H](CC3)OC[C@@H]12. The Morgan fingerprint density at radius 2 is 1.85 bits per heavy atom. The second kappa shape index (κ2) is 8.61. The molecule has 3 heterocycles. The molecule has 1 aromatic carbocycles. The van der Waals surface area contributed by atoms with Crippen LogP contribution < -0.4 is 10.5 Å². The molecule has 0 spiro atoms. The fourth-order valence-corrected chi connectivity index (χ4v) is 4.88. The molecular formula is C22H32N2O3. The molecule has 0 aromatic heterocycles. The van der Waals surface area contributed by atoms with Gasteiger partial charge in [0.05, 0.1) is 25.4 Å². The van der Waals surface area contributed by atoms with Crippen molar-refractivity contribution in [3.63, 3.8) is 0 Å². The summed E-state index contributed by atoms with van der Waals surface area (Å²) in [5, 5.41) is 0. The van der Waals surface area contributed by atoms with Gasteiger partial charge in [-0.25, -0.2) is 0 Å². The Morgan fingerprint density at radius 3 is 2.70 bits per heavy atom. The van der Waals surface area contributed by atoms with Gasteiger partial charge < -0.3 is 20.1 Å². The Balaban J connectivity index is 1.52. The molecule has 4 aliphatic rings. The van der Waals surface area contributed by atoms with Crippen LogP contribution in [0.2, 0.25) is 0 Å². The molecule has 3 aliphatic heterocycles. The number of hydrogen-bond acceptors (Lipinski definition) is 4. The quantitative estimate of drug-likeness (QED) is 0.759. The molecule has 1 amide bonds. The monoisotopic (exact) mass is 372 g/mol. The highest BCUT2D eigenvalue weighted by Crippen LogP contribution is 2.38. The maximum absolute atomic E-state index is 12.8. The van der Waals surface area contributed by atoms with E-state index < -0.39 is 0 Å². The van der Waals surface area contributed by atoms with E-state index in [-0.39, 0.29) is 24.1 Å². The predicted octanol–water partition coefficient (Wildman–Crippen LogP) is 3.22. The lowest BCUT2D eigenvalue weighted by Crippen LogP contribution is -2.56. The topological polar surface area (TPSA) is 64.8 Å². The van der Waals surface area contributed by atoms with E-state index >= 15 is 0 Å². The summed E-state index contributed by atoms with van der Waals surface area (Å²) in [6.45, 7) is 1.96. The minimum Gasteiger partial charge on any atom is -0.493 e. The highest BCUT2D eigenvalue weighted by Gasteiger charge is 2.34. The second-order valence-corrected chi connectivity index (χ2v) is 8.26. The molecule has 5 nitrogen and oxygen atoms in total. The van der Waals surface area contributed by atoms with Crippen LogP contribution in [0.25, 0.3) is 0 Å². The minimum atomic E-state index is 0.0206. The average Bonchev–Trinajstić information content (AvgIpc) is 2.71.